The molecule has 1 aromatic carbocycles. The summed E-state index contributed by atoms with van der Waals surface area (Å²) in [6, 6.07) is 4.24. The van der Waals surface area contributed by atoms with Crippen LogP contribution in [0, 0.1) is 5.92 Å². The first-order valence-electron chi connectivity index (χ1n) is 7.82. The average molecular weight is 377 g/mol. The maximum atomic E-state index is 12.7. The number of ether oxygens (including phenoxy) is 1. The fourth-order valence-corrected chi connectivity index (χ4v) is 3.79. The van der Waals surface area contributed by atoms with Crippen LogP contribution < -0.4 is 10.1 Å². The molecule has 0 aliphatic carbocycles. The lowest BCUT2D eigenvalue weighted by Gasteiger charge is -2.20. The highest BCUT2D eigenvalue weighted by molar-refractivity contribution is 7.89. The van der Waals surface area contributed by atoms with Crippen LogP contribution in [-0.4, -0.2) is 45.4 Å². The molecule has 0 bridgehead atoms. The van der Waals surface area contributed by atoms with Crippen LogP contribution in [0.15, 0.2) is 23.1 Å². The van der Waals surface area contributed by atoms with Gasteiger partial charge in [0.05, 0.1) is 23.6 Å². The quantitative estimate of drug-likeness (QED) is 0.718. The van der Waals surface area contributed by atoms with Crippen LogP contribution in [0.5, 0.6) is 5.75 Å². The molecule has 1 rings (SSSR count). The third kappa shape index (κ3) is 5.65. The number of halogens is 1. The van der Waals surface area contributed by atoms with Crippen molar-refractivity contribution in [3.05, 3.63) is 23.2 Å². The Hall–Kier alpha value is -1.31. The molecule has 0 aliphatic heterocycles. The summed E-state index contributed by atoms with van der Waals surface area (Å²) in [4.78, 5) is 12.0. The molecule has 136 valence electrons. The number of hydrogen-bond acceptors (Lipinski definition) is 4. The molecule has 0 saturated carbocycles. The van der Waals surface area contributed by atoms with Crippen LogP contribution in [0.3, 0.4) is 0 Å². The van der Waals surface area contributed by atoms with Crippen LogP contribution in [0.2, 0.25) is 5.02 Å². The van der Waals surface area contributed by atoms with Gasteiger partial charge in [0.15, 0.2) is 0 Å². The highest BCUT2D eigenvalue weighted by atomic mass is 35.5. The largest absolute Gasteiger partial charge is 0.495 e. The lowest BCUT2D eigenvalue weighted by molar-refractivity contribution is -0.121. The summed E-state index contributed by atoms with van der Waals surface area (Å²) < 4.78 is 31.5. The van der Waals surface area contributed by atoms with E-state index in [1.165, 1.54) is 25.3 Å². The number of carbonyl (C=O) groups is 1. The van der Waals surface area contributed by atoms with Crippen molar-refractivity contribution < 1.29 is 17.9 Å². The number of nitrogens with zero attached hydrogens (tertiary/aromatic N) is 1. The van der Waals surface area contributed by atoms with Gasteiger partial charge in [0.25, 0.3) is 0 Å². The van der Waals surface area contributed by atoms with Gasteiger partial charge >= 0.3 is 0 Å². The molecule has 0 unspecified atom stereocenters. The Kier molecular flexibility index (Phi) is 7.99. The van der Waals surface area contributed by atoms with Crippen LogP contribution in [0.1, 0.15) is 27.2 Å². The molecule has 6 nitrogen and oxygen atoms in total. The molecule has 1 N–H and O–H groups in total. The minimum atomic E-state index is -3.80. The van der Waals surface area contributed by atoms with E-state index in [4.69, 9.17) is 16.3 Å². The molecule has 8 heteroatoms. The van der Waals surface area contributed by atoms with E-state index in [0.29, 0.717) is 18.2 Å². The number of amides is 1. The van der Waals surface area contributed by atoms with E-state index >= 15 is 0 Å². The van der Waals surface area contributed by atoms with E-state index < -0.39 is 10.0 Å². The Morgan fingerprint density at radius 1 is 1.38 bits per heavy atom. The molecule has 0 spiro atoms. The molecular weight excluding hydrogens is 352 g/mol. The minimum absolute atomic E-state index is 0.0325. The standard InChI is InChI=1S/C16H25ClN2O4S/c1-5-19(11-16(20)18-9-8-12(2)3)24(21,22)13-6-7-15(23-4)14(17)10-13/h6-7,10,12H,5,8-9,11H2,1-4H3,(H,18,20). The summed E-state index contributed by atoms with van der Waals surface area (Å²) in [5.41, 5.74) is 0. The van der Waals surface area contributed by atoms with E-state index in [9.17, 15) is 13.2 Å². The maximum Gasteiger partial charge on any atom is 0.243 e. The molecule has 0 aliphatic rings. The number of sulfonamides is 1. The van der Waals surface area contributed by atoms with Gasteiger partial charge in [-0.2, -0.15) is 4.31 Å². The van der Waals surface area contributed by atoms with Gasteiger partial charge in [0, 0.05) is 13.1 Å². The van der Waals surface area contributed by atoms with E-state index in [2.05, 4.69) is 19.2 Å². The molecule has 1 amide bonds. The minimum Gasteiger partial charge on any atom is -0.495 e. The summed E-state index contributed by atoms with van der Waals surface area (Å²) in [5.74, 6) is 0.545. The smallest absolute Gasteiger partial charge is 0.243 e. The summed E-state index contributed by atoms with van der Waals surface area (Å²) in [5, 5.41) is 2.95. The molecule has 24 heavy (non-hydrogen) atoms. The van der Waals surface area contributed by atoms with Crippen molar-refractivity contribution in [1.29, 1.82) is 0 Å². The Balaban J connectivity index is 2.85. The van der Waals surface area contributed by atoms with Gasteiger partial charge < -0.3 is 10.1 Å². The number of hydrogen-bond donors (Lipinski definition) is 1. The lowest BCUT2D eigenvalue weighted by Crippen LogP contribution is -2.41. The lowest BCUT2D eigenvalue weighted by atomic mass is 10.1. The van der Waals surface area contributed by atoms with Crippen molar-refractivity contribution in [2.45, 2.75) is 32.1 Å². The first-order chi connectivity index (χ1) is 11.2. The molecule has 0 fully saturated rings. The zero-order chi connectivity index (χ0) is 18.3. The summed E-state index contributed by atoms with van der Waals surface area (Å²) in [6.07, 6.45) is 0.846. The second-order valence-electron chi connectivity index (χ2n) is 5.76. The Labute approximate surface area is 149 Å². The Morgan fingerprint density at radius 2 is 2.04 bits per heavy atom. The SMILES string of the molecule is CCN(CC(=O)NCCC(C)C)S(=O)(=O)c1ccc(OC)c(Cl)c1. The second-order valence-corrected chi connectivity index (χ2v) is 8.11. The summed E-state index contributed by atoms with van der Waals surface area (Å²) >= 11 is 6.00. The predicted molar refractivity (Wildman–Crippen MR) is 94.9 cm³/mol. The summed E-state index contributed by atoms with van der Waals surface area (Å²) in [6.45, 7) is 6.29. The van der Waals surface area contributed by atoms with Gasteiger partial charge in [-0.25, -0.2) is 8.42 Å². The van der Waals surface area contributed by atoms with Crippen molar-refractivity contribution in [1.82, 2.24) is 9.62 Å². The molecule has 0 saturated heterocycles. The average Bonchev–Trinajstić information content (AvgIpc) is 2.51. The Morgan fingerprint density at radius 3 is 2.54 bits per heavy atom. The molecular formula is C16H25ClN2O4S. The van der Waals surface area contributed by atoms with Gasteiger partial charge in [0.1, 0.15) is 5.75 Å². The second kappa shape index (κ2) is 9.25. The molecule has 1 aromatic rings. The molecule has 0 aromatic heterocycles. The van der Waals surface area contributed by atoms with Crippen LogP contribution >= 0.6 is 11.6 Å². The van der Waals surface area contributed by atoms with Crippen molar-refractivity contribution >= 4 is 27.5 Å². The maximum absolute atomic E-state index is 12.7. The predicted octanol–water partition coefficient (Wildman–Crippen LogP) is 2.52. The van der Waals surface area contributed by atoms with Crippen molar-refractivity contribution in [2.24, 2.45) is 5.92 Å². The van der Waals surface area contributed by atoms with E-state index in [1.807, 2.05) is 0 Å². The highest BCUT2D eigenvalue weighted by Gasteiger charge is 2.26. The van der Waals surface area contributed by atoms with Crippen molar-refractivity contribution in [3.63, 3.8) is 0 Å². The van der Waals surface area contributed by atoms with E-state index in [-0.39, 0.29) is 28.9 Å². The third-order valence-corrected chi connectivity index (χ3v) is 5.69. The van der Waals surface area contributed by atoms with Gasteiger partial charge in [-0.1, -0.05) is 32.4 Å². The summed E-state index contributed by atoms with van der Waals surface area (Å²) in [7, 11) is -2.35. The van der Waals surface area contributed by atoms with Gasteiger partial charge in [-0.05, 0) is 30.5 Å². The van der Waals surface area contributed by atoms with Crippen molar-refractivity contribution in [2.75, 3.05) is 26.7 Å². The van der Waals surface area contributed by atoms with E-state index in [0.717, 1.165) is 10.7 Å². The van der Waals surface area contributed by atoms with Gasteiger partial charge in [-0.3, -0.25) is 4.79 Å². The van der Waals surface area contributed by atoms with Crippen molar-refractivity contribution in [3.8, 4) is 5.75 Å². The number of carbonyl (C=O) groups excluding carboxylic acids is 1. The molecule has 0 radical (unpaired) electrons. The third-order valence-electron chi connectivity index (χ3n) is 3.48. The monoisotopic (exact) mass is 376 g/mol. The highest BCUT2D eigenvalue weighted by Crippen LogP contribution is 2.28. The first kappa shape index (κ1) is 20.7. The zero-order valence-electron chi connectivity index (χ0n) is 14.5. The topological polar surface area (TPSA) is 75.7 Å². The van der Waals surface area contributed by atoms with Crippen LogP contribution in [0.25, 0.3) is 0 Å². The van der Waals surface area contributed by atoms with Gasteiger partial charge in [-0.15, -0.1) is 0 Å². The normalized spacial score (nSPS) is 11.8. The fraction of sp³-hybridized carbons (Fsp3) is 0.562. The Bertz CT molecular complexity index is 662. The molecule has 0 heterocycles. The zero-order valence-corrected chi connectivity index (χ0v) is 16.1. The van der Waals surface area contributed by atoms with Crippen LogP contribution in [-0.2, 0) is 14.8 Å². The fourth-order valence-electron chi connectivity index (χ4n) is 2.04. The first-order valence-corrected chi connectivity index (χ1v) is 9.64. The van der Waals surface area contributed by atoms with E-state index in [1.54, 1.807) is 6.92 Å². The number of methoxy groups -OCH3 is 1. The number of rotatable bonds is 9. The van der Waals surface area contributed by atoms with Crippen LogP contribution in [0.4, 0.5) is 0 Å². The van der Waals surface area contributed by atoms with Gasteiger partial charge in [0.2, 0.25) is 15.9 Å². The number of likely N-dealkylation sites (N-methyl/N-ethyl adjacent to an activating group) is 1. The number of benzene rings is 1. The molecule has 0 atom stereocenters. The number of nitrogens with one attached hydrogen (secondary N) is 1.